The SMILES string of the molecule is COc1cc(NC[C@H]2CN(CC3CCN(CC4CC4)CC3)C(=O)CO2)nc(N)n1. The molecule has 3 heterocycles. The maximum Gasteiger partial charge on any atom is 0.248 e. The predicted octanol–water partition coefficient (Wildman–Crippen LogP) is 0.829. The van der Waals surface area contributed by atoms with Crippen molar-refractivity contribution in [1.82, 2.24) is 19.8 Å². The minimum atomic E-state index is -0.0789. The molecule has 1 aromatic rings. The maximum atomic E-state index is 12.4. The van der Waals surface area contributed by atoms with Crippen LogP contribution in [-0.2, 0) is 9.53 Å². The van der Waals surface area contributed by atoms with Crippen LogP contribution in [0.15, 0.2) is 6.07 Å². The summed E-state index contributed by atoms with van der Waals surface area (Å²) >= 11 is 0. The number of morpholine rings is 1. The third kappa shape index (κ3) is 5.70. The first-order valence-electron chi connectivity index (χ1n) is 10.6. The Bertz CT molecular complexity index is 705. The van der Waals surface area contributed by atoms with E-state index in [-0.39, 0.29) is 24.6 Å². The minimum absolute atomic E-state index is 0.0789. The molecule has 0 radical (unpaired) electrons. The topological polar surface area (TPSA) is 106 Å². The summed E-state index contributed by atoms with van der Waals surface area (Å²) in [6.45, 7) is 5.74. The molecule has 2 saturated heterocycles. The second-order valence-electron chi connectivity index (χ2n) is 8.45. The molecular weight excluding hydrogens is 372 g/mol. The van der Waals surface area contributed by atoms with Crippen molar-refractivity contribution in [3.63, 3.8) is 0 Å². The molecule has 1 atom stereocenters. The molecule has 1 amide bonds. The number of carbonyl (C=O) groups excluding carboxylic acids is 1. The average Bonchev–Trinajstić information content (AvgIpc) is 3.53. The molecule has 1 saturated carbocycles. The zero-order valence-corrected chi connectivity index (χ0v) is 17.2. The van der Waals surface area contributed by atoms with Crippen LogP contribution in [0.1, 0.15) is 25.7 Å². The number of likely N-dealkylation sites (tertiary alicyclic amines) is 1. The first-order valence-corrected chi connectivity index (χ1v) is 10.6. The number of nitrogen functional groups attached to an aromatic ring is 1. The van der Waals surface area contributed by atoms with E-state index in [9.17, 15) is 4.79 Å². The fraction of sp³-hybridized carbons (Fsp3) is 0.750. The van der Waals surface area contributed by atoms with Gasteiger partial charge in [-0.2, -0.15) is 9.97 Å². The number of methoxy groups -OCH3 is 1. The number of hydrogen-bond donors (Lipinski definition) is 2. The van der Waals surface area contributed by atoms with Crippen molar-refractivity contribution in [2.24, 2.45) is 11.8 Å². The van der Waals surface area contributed by atoms with Crippen molar-refractivity contribution in [1.29, 1.82) is 0 Å². The summed E-state index contributed by atoms with van der Waals surface area (Å²) in [5, 5.41) is 3.22. The Balaban J connectivity index is 1.24. The summed E-state index contributed by atoms with van der Waals surface area (Å²) < 4.78 is 10.8. The van der Waals surface area contributed by atoms with E-state index >= 15 is 0 Å². The number of carbonyl (C=O) groups is 1. The molecule has 0 aromatic carbocycles. The largest absolute Gasteiger partial charge is 0.481 e. The standard InChI is InChI=1S/C20H32N6O3/c1-28-18-8-17(23-20(21)24-18)22-9-16-12-26(19(27)13-29-16)11-15-4-6-25(7-5-15)10-14-2-3-14/h8,14-16H,2-7,9-13H2,1H3,(H3,21,22,23,24)/t16-/m0/s1. The normalized spacial score (nSPS) is 24.0. The van der Waals surface area contributed by atoms with Gasteiger partial charge in [0.05, 0.1) is 13.2 Å². The van der Waals surface area contributed by atoms with Crippen LogP contribution in [0.3, 0.4) is 0 Å². The molecule has 9 nitrogen and oxygen atoms in total. The van der Waals surface area contributed by atoms with Crippen LogP contribution in [0.2, 0.25) is 0 Å². The molecule has 29 heavy (non-hydrogen) atoms. The zero-order chi connectivity index (χ0) is 20.2. The molecule has 2 aliphatic heterocycles. The Morgan fingerprint density at radius 2 is 1.97 bits per heavy atom. The van der Waals surface area contributed by atoms with E-state index in [1.165, 1.54) is 52.4 Å². The van der Waals surface area contributed by atoms with Gasteiger partial charge in [-0.25, -0.2) is 0 Å². The third-order valence-corrected chi connectivity index (χ3v) is 6.06. The van der Waals surface area contributed by atoms with Gasteiger partial charge in [0.15, 0.2) is 0 Å². The maximum absolute atomic E-state index is 12.4. The second kappa shape index (κ2) is 9.13. The number of hydrogen-bond acceptors (Lipinski definition) is 8. The highest BCUT2D eigenvalue weighted by Crippen LogP contribution is 2.31. The molecular formula is C20H32N6O3. The Morgan fingerprint density at radius 1 is 1.21 bits per heavy atom. The summed E-state index contributed by atoms with van der Waals surface area (Å²) in [5.74, 6) is 2.78. The van der Waals surface area contributed by atoms with Crippen molar-refractivity contribution in [3.05, 3.63) is 6.07 Å². The molecule has 9 heteroatoms. The van der Waals surface area contributed by atoms with E-state index in [0.29, 0.717) is 30.7 Å². The molecule has 0 bridgehead atoms. The van der Waals surface area contributed by atoms with E-state index in [2.05, 4.69) is 20.2 Å². The van der Waals surface area contributed by atoms with Crippen LogP contribution in [0.25, 0.3) is 0 Å². The van der Waals surface area contributed by atoms with Gasteiger partial charge in [-0.05, 0) is 50.6 Å². The number of nitrogens with zero attached hydrogens (tertiary/aromatic N) is 4. The fourth-order valence-corrected chi connectivity index (χ4v) is 4.17. The van der Waals surface area contributed by atoms with E-state index in [4.69, 9.17) is 15.2 Å². The molecule has 4 rings (SSSR count). The van der Waals surface area contributed by atoms with Crippen LogP contribution in [0.4, 0.5) is 11.8 Å². The lowest BCUT2D eigenvalue weighted by molar-refractivity contribution is -0.149. The van der Waals surface area contributed by atoms with Gasteiger partial charge in [0.25, 0.3) is 0 Å². The molecule has 160 valence electrons. The molecule has 1 aromatic heterocycles. The van der Waals surface area contributed by atoms with Gasteiger partial charge in [-0.3, -0.25) is 4.79 Å². The van der Waals surface area contributed by atoms with E-state index in [0.717, 1.165) is 12.5 Å². The molecule has 1 aliphatic carbocycles. The first kappa shape index (κ1) is 20.2. The molecule has 3 fully saturated rings. The zero-order valence-electron chi connectivity index (χ0n) is 17.2. The van der Waals surface area contributed by atoms with E-state index in [1.54, 1.807) is 6.07 Å². The lowest BCUT2D eigenvalue weighted by atomic mass is 9.95. The van der Waals surface area contributed by atoms with E-state index in [1.807, 2.05) is 4.90 Å². The van der Waals surface area contributed by atoms with Crippen molar-refractivity contribution >= 4 is 17.7 Å². The summed E-state index contributed by atoms with van der Waals surface area (Å²) in [7, 11) is 1.54. The number of aromatic nitrogens is 2. The Kier molecular flexibility index (Phi) is 6.34. The number of amides is 1. The highest BCUT2D eigenvalue weighted by molar-refractivity contribution is 5.78. The Morgan fingerprint density at radius 3 is 2.69 bits per heavy atom. The predicted molar refractivity (Wildman–Crippen MR) is 110 cm³/mol. The van der Waals surface area contributed by atoms with Crippen molar-refractivity contribution in [2.45, 2.75) is 31.8 Å². The average molecular weight is 405 g/mol. The highest BCUT2D eigenvalue weighted by Gasteiger charge is 2.31. The van der Waals surface area contributed by atoms with Crippen LogP contribution in [0.5, 0.6) is 5.88 Å². The number of piperidine rings is 1. The number of nitrogens with two attached hydrogens (primary N) is 1. The number of anilines is 2. The van der Waals surface area contributed by atoms with Gasteiger partial charge in [-0.15, -0.1) is 0 Å². The molecule has 0 unspecified atom stereocenters. The van der Waals surface area contributed by atoms with Crippen LogP contribution >= 0.6 is 0 Å². The van der Waals surface area contributed by atoms with Gasteiger partial charge in [0.2, 0.25) is 17.7 Å². The van der Waals surface area contributed by atoms with Gasteiger partial charge in [0, 0.05) is 32.2 Å². The Labute approximate surface area is 171 Å². The lowest BCUT2D eigenvalue weighted by Crippen LogP contribution is -2.51. The number of nitrogens with one attached hydrogen (secondary N) is 1. The fourth-order valence-electron chi connectivity index (χ4n) is 4.17. The molecule has 3 N–H and O–H groups in total. The Hall–Kier alpha value is -2.13. The van der Waals surface area contributed by atoms with Crippen LogP contribution < -0.4 is 15.8 Å². The van der Waals surface area contributed by atoms with Crippen molar-refractivity contribution in [3.8, 4) is 5.88 Å². The third-order valence-electron chi connectivity index (χ3n) is 6.06. The highest BCUT2D eigenvalue weighted by atomic mass is 16.5. The summed E-state index contributed by atoms with van der Waals surface area (Å²) in [5.41, 5.74) is 5.70. The summed E-state index contributed by atoms with van der Waals surface area (Å²) in [6, 6.07) is 1.69. The van der Waals surface area contributed by atoms with Gasteiger partial charge < -0.3 is 30.3 Å². The van der Waals surface area contributed by atoms with Crippen LogP contribution in [-0.4, -0.2) is 84.8 Å². The molecule has 3 aliphatic rings. The van der Waals surface area contributed by atoms with Crippen molar-refractivity contribution in [2.75, 3.05) is 64.0 Å². The van der Waals surface area contributed by atoms with Crippen molar-refractivity contribution < 1.29 is 14.3 Å². The van der Waals surface area contributed by atoms with Crippen LogP contribution in [0, 0.1) is 11.8 Å². The molecule has 0 spiro atoms. The van der Waals surface area contributed by atoms with E-state index < -0.39 is 0 Å². The lowest BCUT2D eigenvalue weighted by Gasteiger charge is -2.38. The number of rotatable bonds is 8. The summed E-state index contributed by atoms with van der Waals surface area (Å²) in [6.07, 6.45) is 5.10. The number of ether oxygens (including phenoxy) is 2. The second-order valence-corrected chi connectivity index (χ2v) is 8.45. The van der Waals surface area contributed by atoms with Gasteiger partial charge in [0.1, 0.15) is 12.4 Å². The summed E-state index contributed by atoms with van der Waals surface area (Å²) in [4.78, 5) is 25.1. The monoisotopic (exact) mass is 404 g/mol. The van der Waals surface area contributed by atoms with Gasteiger partial charge in [-0.1, -0.05) is 0 Å². The smallest absolute Gasteiger partial charge is 0.248 e. The first-order chi connectivity index (χ1) is 14.1. The quantitative estimate of drug-likeness (QED) is 0.656. The van der Waals surface area contributed by atoms with Gasteiger partial charge >= 0.3 is 0 Å². The minimum Gasteiger partial charge on any atom is -0.481 e.